The minimum atomic E-state index is -1.27. The number of nitrogens with zero attached hydrogens (tertiary/aromatic N) is 2. The van der Waals surface area contributed by atoms with Gasteiger partial charge in [-0.25, -0.2) is 4.79 Å². The summed E-state index contributed by atoms with van der Waals surface area (Å²) >= 11 is 0. The molecule has 1 aromatic rings. The molecule has 0 bridgehead atoms. The van der Waals surface area contributed by atoms with E-state index in [1.807, 2.05) is 6.07 Å². The predicted octanol–water partition coefficient (Wildman–Crippen LogP) is 2.53. The molecule has 0 aliphatic rings. The number of rotatable bonds is 7. The molecular weight excluding hydrogens is 400 g/mol. The van der Waals surface area contributed by atoms with Crippen molar-refractivity contribution in [2.24, 2.45) is 0 Å². The second kappa shape index (κ2) is 10.7. The fraction of sp³-hybridized carbons (Fsp3) is 0.545. The zero-order chi connectivity index (χ0) is 23.9. The van der Waals surface area contributed by atoms with Crippen molar-refractivity contribution in [2.75, 3.05) is 6.54 Å². The number of benzene rings is 1. The number of nitrogens with one attached hydrogen (secondary N) is 2. The van der Waals surface area contributed by atoms with Crippen LogP contribution in [-0.4, -0.2) is 52.1 Å². The molecule has 9 nitrogen and oxygen atoms in total. The Bertz CT molecular complexity index is 854. The van der Waals surface area contributed by atoms with Gasteiger partial charge in [0.1, 0.15) is 30.0 Å². The Morgan fingerprint density at radius 2 is 1.81 bits per heavy atom. The number of carbonyl (C=O) groups is 3. The molecule has 1 aromatic carbocycles. The summed E-state index contributed by atoms with van der Waals surface area (Å²) in [4.78, 5) is 39.3. The molecule has 0 aliphatic heterocycles. The van der Waals surface area contributed by atoms with Gasteiger partial charge in [-0.15, -0.1) is 0 Å². The summed E-state index contributed by atoms with van der Waals surface area (Å²) in [5, 5.41) is 25.1. The first kappa shape index (κ1) is 25.8. The van der Waals surface area contributed by atoms with Crippen LogP contribution in [0.3, 0.4) is 0 Å². The van der Waals surface area contributed by atoms with Gasteiger partial charge >= 0.3 is 6.09 Å². The van der Waals surface area contributed by atoms with Crippen LogP contribution < -0.4 is 10.6 Å². The van der Waals surface area contributed by atoms with Crippen molar-refractivity contribution < 1.29 is 24.2 Å². The lowest BCUT2D eigenvalue weighted by atomic mass is 9.99. The number of aryl methyl sites for hydroxylation is 1. The average Bonchev–Trinajstić information content (AvgIpc) is 2.61. The number of hydrogen-bond acceptors (Lipinski definition) is 6. The Hall–Kier alpha value is -3.28. The van der Waals surface area contributed by atoms with Crippen molar-refractivity contribution in [2.45, 2.75) is 72.2 Å². The number of aromatic hydroxyl groups is 1. The normalized spacial score (nSPS) is 13.0. The Morgan fingerprint density at radius 1 is 1.19 bits per heavy atom. The molecule has 0 aromatic heterocycles. The molecule has 31 heavy (non-hydrogen) atoms. The van der Waals surface area contributed by atoms with Gasteiger partial charge in [0, 0.05) is 11.6 Å². The molecule has 9 heteroatoms. The standard InChI is InChI=1S/C22H32N4O5/c1-13(2)24-19(28)17(16-10-8-9-14(3)18(16)27)26(12-11-23)20(29)15(4)25-21(30)31-22(5,6)7/h8-10,13,15,17,27H,12H2,1-7H3,(H,24,28)(H,25,30). The average molecular weight is 433 g/mol. The molecule has 0 aliphatic carbocycles. The molecule has 3 N–H and O–H groups in total. The third kappa shape index (κ3) is 7.48. The third-order valence-corrected chi connectivity index (χ3v) is 4.18. The predicted molar refractivity (Wildman–Crippen MR) is 115 cm³/mol. The quantitative estimate of drug-likeness (QED) is 0.567. The summed E-state index contributed by atoms with van der Waals surface area (Å²) in [7, 11) is 0. The van der Waals surface area contributed by atoms with Gasteiger partial charge in [0.15, 0.2) is 0 Å². The number of carbonyl (C=O) groups excluding carboxylic acids is 3. The molecule has 0 saturated carbocycles. The van der Waals surface area contributed by atoms with Gasteiger partial charge < -0.3 is 25.4 Å². The molecule has 1 rings (SSSR count). The second-order valence-electron chi connectivity index (χ2n) is 8.57. The maximum Gasteiger partial charge on any atom is 0.408 e. The fourth-order valence-electron chi connectivity index (χ4n) is 2.88. The van der Waals surface area contributed by atoms with Gasteiger partial charge in [0.05, 0.1) is 6.07 Å². The van der Waals surface area contributed by atoms with Crippen molar-refractivity contribution in [1.29, 1.82) is 5.26 Å². The Balaban J connectivity index is 3.34. The number of nitriles is 1. The van der Waals surface area contributed by atoms with Crippen LogP contribution in [0.5, 0.6) is 5.75 Å². The van der Waals surface area contributed by atoms with E-state index in [2.05, 4.69) is 10.6 Å². The van der Waals surface area contributed by atoms with Crippen molar-refractivity contribution >= 4 is 17.9 Å². The van der Waals surface area contributed by atoms with E-state index in [-0.39, 0.29) is 17.4 Å². The fourth-order valence-corrected chi connectivity index (χ4v) is 2.88. The maximum atomic E-state index is 13.2. The summed E-state index contributed by atoms with van der Waals surface area (Å²) < 4.78 is 5.17. The second-order valence-corrected chi connectivity index (χ2v) is 8.57. The van der Waals surface area contributed by atoms with Crippen LogP contribution in [0.2, 0.25) is 0 Å². The van der Waals surface area contributed by atoms with Crippen molar-refractivity contribution in [3.63, 3.8) is 0 Å². The number of phenols is 1. The van der Waals surface area contributed by atoms with Crippen LogP contribution in [0.15, 0.2) is 18.2 Å². The molecule has 0 spiro atoms. The van der Waals surface area contributed by atoms with Gasteiger partial charge in [-0.3, -0.25) is 9.59 Å². The first-order valence-corrected chi connectivity index (χ1v) is 10.0. The number of para-hydroxylation sites is 1. The number of phenolic OH excluding ortho intramolecular Hbond substituents is 1. The lowest BCUT2D eigenvalue weighted by Gasteiger charge is -2.32. The minimum absolute atomic E-state index is 0.144. The van der Waals surface area contributed by atoms with E-state index in [0.717, 1.165) is 4.90 Å². The lowest BCUT2D eigenvalue weighted by Crippen LogP contribution is -2.52. The first-order valence-electron chi connectivity index (χ1n) is 10.0. The van der Waals surface area contributed by atoms with Gasteiger partial charge in [-0.05, 0) is 54.0 Å². The Labute approximate surface area is 183 Å². The van der Waals surface area contributed by atoms with Crippen LogP contribution in [0.25, 0.3) is 0 Å². The van der Waals surface area contributed by atoms with Gasteiger partial charge in [-0.2, -0.15) is 5.26 Å². The lowest BCUT2D eigenvalue weighted by molar-refractivity contribution is -0.141. The van der Waals surface area contributed by atoms with Crippen molar-refractivity contribution in [3.8, 4) is 11.8 Å². The van der Waals surface area contributed by atoms with Gasteiger partial charge in [-0.1, -0.05) is 18.2 Å². The summed E-state index contributed by atoms with van der Waals surface area (Å²) in [5.41, 5.74) is -0.0537. The van der Waals surface area contributed by atoms with Crippen molar-refractivity contribution in [1.82, 2.24) is 15.5 Å². The van der Waals surface area contributed by atoms with E-state index >= 15 is 0 Å². The topological polar surface area (TPSA) is 132 Å². The molecule has 0 heterocycles. The summed E-state index contributed by atoms with van der Waals surface area (Å²) in [6, 6.07) is 4.14. The highest BCUT2D eigenvalue weighted by atomic mass is 16.6. The van der Waals surface area contributed by atoms with E-state index in [9.17, 15) is 24.8 Å². The largest absolute Gasteiger partial charge is 0.507 e. The minimum Gasteiger partial charge on any atom is -0.507 e. The zero-order valence-corrected chi connectivity index (χ0v) is 19.1. The Kier molecular flexibility index (Phi) is 8.86. The first-order chi connectivity index (χ1) is 14.3. The molecule has 170 valence electrons. The summed E-state index contributed by atoms with van der Waals surface area (Å²) in [6.07, 6.45) is -0.799. The Morgan fingerprint density at radius 3 is 2.32 bits per heavy atom. The summed E-state index contributed by atoms with van der Waals surface area (Å²) in [5.74, 6) is -1.36. The monoisotopic (exact) mass is 432 g/mol. The maximum absolute atomic E-state index is 13.2. The van der Waals surface area contributed by atoms with Crippen LogP contribution in [0.1, 0.15) is 58.7 Å². The number of alkyl carbamates (subject to hydrolysis) is 1. The summed E-state index contributed by atoms with van der Waals surface area (Å²) in [6.45, 7) is 11.3. The van der Waals surface area contributed by atoms with E-state index in [0.29, 0.717) is 5.56 Å². The molecule has 2 unspecified atom stereocenters. The molecule has 0 saturated heterocycles. The van der Waals surface area contributed by atoms with E-state index < -0.39 is 42.1 Å². The van der Waals surface area contributed by atoms with E-state index in [1.54, 1.807) is 53.7 Å². The molecule has 3 amide bonds. The van der Waals surface area contributed by atoms with Crippen LogP contribution in [0.4, 0.5) is 4.79 Å². The number of amides is 3. The van der Waals surface area contributed by atoms with E-state index in [1.165, 1.54) is 13.0 Å². The van der Waals surface area contributed by atoms with Gasteiger partial charge in [0.2, 0.25) is 11.8 Å². The molecular formula is C22H32N4O5. The third-order valence-electron chi connectivity index (χ3n) is 4.18. The number of ether oxygens (including phenoxy) is 1. The number of hydrogen-bond donors (Lipinski definition) is 3. The van der Waals surface area contributed by atoms with Crippen molar-refractivity contribution in [3.05, 3.63) is 29.3 Å². The smallest absolute Gasteiger partial charge is 0.408 e. The zero-order valence-electron chi connectivity index (χ0n) is 19.1. The van der Waals surface area contributed by atoms with Gasteiger partial charge in [0.25, 0.3) is 0 Å². The van der Waals surface area contributed by atoms with E-state index in [4.69, 9.17) is 4.74 Å². The molecule has 0 radical (unpaired) electrons. The molecule has 2 atom stereocenters. The van der Waals surface area contributed by atoms with Crippen LogP contribution in [-0.2, 0) is 14.3 Å². The van der Waals surface area contributed by atoms with Crippen LogP contribution in [0, 0.1) is 18.3 Å². The SMILES string of the molecule is Cc1cccc(C(C(=O)NC(C)C)N(CC#N)C(=O)C(C)NC(=O)OC(C)(C)C)c1O. The highest BCUT2D eigenvalue weighted by Crippen LogP contribution is 2.32. The molecule has 0 fully saturated rings. The van der Waals surface area contributed by atoms with Crippen LogP contribution >= 0.6 is 0 Å². The highest BCUT2D eigenvalue weighted by molar-refractivity contribution is 5.92. The highest BCUT2D eigenvalue weighted by Gasteiger charge is 2.36.